The Kier molecular flexibility index (Phi) is 2.98. The minimum atomic E-state index is -4.37. The van der Waals surface area contributed by atoms with E-state index in [1.54, 1.807) is 23.8 Å². The molecule has 5 heteroatoms. The molecule has 0 aliphatic heterocycles. The number of nitrogens with zero attached hydrogens (tertiary/aromatic N) is 2. The summed E-state index contributed by atoms with van der Waals surface area (Å²) in [6, 6.07) is 3.79. The minimum absolute atomic E-state index is 0.417. The maximum atomic E-state index is 12.7. The molecule has 0 N–H and O–H groups in total. The number of halogens is 3. The number of hydrogen-bond acceptors (Lipinski definition) is 1. The third-order valence-electron chi connectivity index (χ3n) is 2.51. The van der Waals surface area contributed by atoms with E-state index < -0.39 is 11.7 Å². The van der Waals surface area contributed by atoms with Crippen molar-refractivity contribution in [2.45, 2.75) is 13.1 Å². The van der Waals surface area contributed by atoms with E-state index in [2.05, 4.69) is 11.6 Å². The van der Waals surface area contributed by atoms with Gasteiger partial charge in [0.1, 0.15) is 0 Å². The molecule has 1 aromatic carbocycles. The van der Waals surface area contributed by atoms with E-state index in [9.17, 15) is 13.2 Å². The summed E-state index contributed by atoms with van der Waals surface area (Å²) in [7, 11) is 0. The second-order valence-electron chi connectivity index (χ2n) is 3.94. The first-order valence-electron chi connectivity index (χ1n) is 5.26. The molecular weight excluding hydrogens is 241 g/mol. The molecule has 2 aromatic rings. The Morgan fingerprint density at radius 3 is 2.50 bits per heavy atom. The van der Waals surface area contributed by atoms with Gasteiger partial charge in [-0.25, -0.2) is 4.98 Å². The third-order valence-corrected chi connectivity index (χ3v) is 2.51. The van der Waals surface area contributed by atoms with Crippen molar-refractivity contribution in [3.63, 3.8) is 0 Å². The van der Waals surface area contributed by atoms with Gasteiger partial charge in [-0.2, -0.15) is 13.2 Å². The first kappa shape index (κ1) is 12.4. The van der Waals surface area contributed by atoms with Crippen LogP contribution in [0.1, 0.15) is 16.8 Å². The zero-order chi connectivity index (χ0) is 13.3. The maximum Gasteiger partial charge on any atom is 0.416 e. The first-order valence-corrected chi connectivity index (χ1v) is 5.26. The molecule has 0 saturated heterocycles. The van der Waals surface area contributed by atoms with Crippen LogP contribution in [0.2, 0.25) is 0 Å². The number of alkyl halides is 3. The minimum Gasteiger partial charge on any atom is -0.306 e. The molecule has 0 spiro atoms. The van der Waals surface area contributed by atoms with E-state index in [0.29, 0.717) is 11.3 Å². The van der Waals surface area contributed by atoms with Crippen molar-refractivity contribution < 1.29 is 13.2 Å². The van der Waals surface area contributed by atoms with E-state index in [4.69, 9.17) is 0 Å². The fourth-order valence-electron chi connectivity index (χ4n) is 1.63. The quantitative estimate of drug-likeness (QED) is 0.794. The monoisotopic (exact) mass is 252 g/mol. The van der Waals surface area contributed by atoms with Crippen LogP contribution < -0.4 is 0 Å². The SMILES string of the molecule is C=Cc1cc(-n2cnc(C)c2)cc(C(F)(F)F)c1. The Hall–Kier alpha value is -2.04. The lowest BCUT2D eigenvalue weighted by Crippen LogP contribution is -2.06. The number of aryl methyl sites for hydroxylation is 1. The molecule has 0 unspecified atom stereocenters. The molecule has 0 saturated carbocycles. The largest absolute Gasteiger partial charge is 0.416 e. The number of rotatable bonds is 2. The summed E-state index contributed by atoms with van der Waals surface area (Å²) in [6.45, 7) is 5.28. The van der Waals surface area contributed by atoms with Gasteiger partial charge < -0.3 is 4.57 Å². The zero-order valence-electron chi connectivity index (χ0n) is 9.70. The Labute approximate surface area is 102 Å². The van der Waals surface area contributed by atoms with E-state index in [1.165, 1.54) is 12.4 Å². The summed E-state index contributed by atoms with van der Waals surface area (Å²) in [5.41, 5.74) is 0.889. The Bertz CT molecular complexity index is 582. The number of hydrogen-bond donors (Lipinski definition) is 0. The van der Waals surface area contributed by atoms with Crippen LogP contribution in [0.4, 0.5) is 13.2 Å². The molecule has 0 atom stereocenters. The van der Waals surface area contributed by atoms with Crippen molar-refractivity contribution >= 4 is 6.08 Å². The topological polar surface area (TPSA) is 17.8 Å². The van der Waals surface area contributed by atoms with Crippen molar-refractivity contribution in [3.05, 3.63) is 54.1 Å². The van der Waals surface area contributed by atoms with Gasteiger partial charge in [0, 0.05) is 11.9 Å². The van der Waals surface area contributed by atoms with E-state index in [-0.39, 0.29) is 0 Å². The smallest absolute Gasteiger partial charge is 0.306 e. The van der Waals surface area contributed by atoms with E-state index >= 15 is 0 Å². The molecule has 94 valence electrons. The van der Waals surface area contributed by atoms with Crippen LogP contribution in [-0.2, 0) is 6.18 Å². The predicted octanol–water partition coefficient (Wildman–Crippen LogP) is 3.84. The van der Waals surface area contributed by atoms with Crippen LogP contribution in [-0.4, -0.2) is 9.55 Å². The van der Waals surface area contributed by atoms with Crippen molar-refractivity contribution in [2.75, 3.05) is 0 Å². The lowest BCUT2D eigenvalue weighted by Gasteiger charge is -2.11. The van der Waals surface area contributed by atoms with Gasteiger partial charge in [0.2, 0.25) is 0 Å². The Balaban J connectivity index is 2.57. The van der Waals surface area contributed by atoms with E-state index in [0.717, 1.165) is 17.8 Å². The number of imidazole rings is 1. The third kappa shape index (κ3) is 2.45. The molecule has 18 heavy (non-hydrogen) atoms. The molecule has 2 rings (SSSR count). The highest BCUT2D eigenvalue weighted by Crippen LogP contribution is 2.31. The maximum absolute atomic E-state index is 12.7. The molecule has 2 nitrogen and oxygen atoms in total. The Morgan fingerprint density at radius 1 is 1.28 bits per heavy atom. The first-order chi connectivity index (χ1) is 8.40. The molecule has 0 fully saturated rings. The van der Waals surface area contributed by atoms with E-state index in [1.807, 2.05) is 0 Å². The predicted molar refractivity (Wildman–Crippen MR) is 63.4 cm³/mol. The molecular formula is C13H11F3N2. The molecule has 0 aliphatic rings. The fourth-order valence-corrected chi connectivity index (χ4v) is 1.63. The van der Waals surface area contributed by atoms with Gasteiger partial charge in [-0.3, -0.25) is 0 Å². The van der Waals surface area contributed by atoms with Crippen molar-refractivity contribution in [1.29, 1.82) is 0 Å². The Morgan fingerprint density at radius 2 is 2.00 bits per heavy atom. The molecule has 0 aliphatic carbocycles. The normalized spacial score (nSPS) is 11.6. The standard InChI is InChI=1S/C13H11F3N2/c1-3-10-4-11(13(14,15)16)6-12(5-10)18-7-9(2)17-8-18/h3-8H,1H2,2H3. The van der Waals surface area contributed by atoms with Crippen molar-refractivity contribution in [1.82, 2.24) is 9.55 Å². The lowest BCUT2D eigenvalue weighted by atomic mass is 10.1. The van der Waals surface area contributed by atoms with Gasteiger partial charge in [0.25, 0.3) is 0 Å². The summed E-state index contributed by atoms with van der Waals surface area (Å²) in [4.78, 5) is 4.00. The van der Waals surface area contributed by atoms with Gasteiger partial charge in [-0.15, -0.1) is 0 Å². The van der Waals surface area contributed by atoms with Gasteiger partial charge in [-0.1, -0.05) is 12.7 Å². The van der Waals surface area contributed by atoms with Gasteiger partial charge in [-0.05, 0) is 30.7 Å². The summed E-state index contributed by atoms with van der Waals surface area (Å²) >= 11 is 0. The summed E-state index contributed by atoms with van der Waals surface area (Å²) < 4.78 is 39.8. The highest BCUT2D eigenvalue weighted by molar-refractivity contribution is 5.54. The summed E-state index contributed by atoms with van der Waals surface area (Å²) in [5.74, 6) is 0. The second-order valence-corrected chi connectivity index (χ2v) is 3.94. The van der Waals surface area contributed by atoms with Crippen LogP contribution in [0.3, 0.4) is 0 Å². The van der Waals surface area contributed by atoms with Crippen LogP contribution in [0.5, 0.6) is 0 Å². The molecule has 0 amide bonds. The average Bonchev–Trinajstić information content (AvgIpc) is 2.74. The van der Waals surface area contributed by atoms with Crippen LogP contribution in [0.25, 0.3) is 11.8 Å². The molecule has 1 heterocycles. The number of benzene rings is 1. The second kappa shape index (κ2) is 4.33. The fraction of sp³-hybridized carbons (Fsp3) is 0.154. The highest BCUT2D eigenvalue weighted by atomic mass is 19.4. The highest BCUT2D eigenvalue weighted by Gasteiger charge is 2.31. The van der Waals surface area contributed by atoms with Gasteiger partial charge >= 0.3 is 6.18 Å². The van der Waals surface area contributed by atoms with Crippen molar-refractivity contribution in [2.24, 2.45) is 0 Å². The van der Waals surface area contributed by atoms with Crippen LogP contribution in [0, 0.1) is 6.92 Å². The van der Waals surface area contributed by atoms with Gasteiger partial charge in [0.05, 0.1) is 17.6 Å². The number of aromatic nitrogens is 2. The van der Waals surface area contributed by atoms with Crippen LogP contribution in [0.15, 0.2) is 37.3 Å². The molecule has 1 aromatic heterocycles. The van der Waals surface area contributed by atoms with Crippen LogP contribution >= 0.6 is 0 Å². The average molecular weight is 252 g/mol. The summed E-state index contributed by atoms with van der Waals surface area (Å²) in [6.07, 6.45) is 0.173. The zero-order valence-corrected chi connectivity index (χ0v) is 9.70. The van der Waals surface area contributed by atoms with Crippen molar-refractivity contribution in [3.8, 4) is 5.69 Å². The molecule has 0 radical (unpaired) electrons. The lowest BCUT2D eigenvalue weighted by molar-refractivity contribution is -0.137. The summed E-state index contributed by atoms with van der Waals surface area (Å²) in [5, 5.41) is 0. The molecule has 0 bridgehead atoms. The van der Waals surface area contributed by atoms with Gasteiger partial charge in [0.15, 0.2) is 0 Å².